The summed E-state index contributed by atoms with van der Waals surface area (Å²) in [5, 5.41) is 7.47. The predicted octanol–water partition coefficient (Wildman–Crippen LogP) is 2.24. The fourth-order valence-corrected chi connectivity index (χ4v) is 3.33. The van der Waals surface area contributed by atoms with E-state index in [1.807, 2.05) is 13.8 Å². The Labute approximate surface area is 123 Å². The Kier molecular flexibility index (Phi) is 4.08. The average molecular weight is 314 g/mol. The van der Waals surface area contributed by atoms with E-state index in [9.17, 15) is 17.6 Å². The Bertz CT molecular complexity index is 671. The Balaban J connectivity index is 2.19. The first-order valence-electron chi connectivity index (χ1n) is 6.74. The molecular weight excluding hydrogens is 295 g/mol. The molecule has 1 fully saturated rings. The first-order valence-corrected chi connectivity index (χ1v) is 8.29. The van der Waals surface area contributed by atoms with Gasteiger partial charge in [0.25, 0.3) is 0 Å². The molecule has 1 aromatic rings. The monoisotopic (exact) mass is 314 g/mol. The molecule has 0 aliphatic heterocycles. The van der Waals surface area contributed by atoms with Crippen LogP contribution in [0.25, 0.3) is 0 Å². The lowest BCUT2D eigenvalue weighted by Gasteiger charge is -2.25. The first-order chi connectivity index (χ1) is 9.61. The smallest absolute Gasteiger partial charge is 0.238 e. The molecule has 0 aromatic heterocycles. The van der Waals surface area contributed by atoms with Gasteiger partial charge in [-0.15, -0.1) is 0 Å². The minimum absolute atomic E-state index is 0.0323. The van der Waals surface area contributed by atoms with E-state index in [-0.39, 0.29) is 27.8 Å². The third-order valence-corrected chi connectivity index (χ3v) is 5.01. The highest BCUT2D eigenvalue weighted by atomic mass is 32.2. The van der Waals surface area contributed by atoms with Crippen molar-refractivity contribution in [1.29, 1.82) is 0 Å². The molecule has 2 rings (SSSR count). The molecule has 0 heterocycles. The van der Waals surface area contributed by atoms with E-state index in [0.717, 1.165) is 25.3 Å². The van der Waals surface area contributed by atoms with Gasteiger partial charge in [0.15, 0.2) is 0 Å². The lowest BCUT2D eigenvalue weighted by Crippen LogP contribution is -2.31. The maximum absolute atomic E-state index is 13.9. The van der Waals surface area contributed by atoms with Crippen LogP contribution in [0.2, 0.25) is 0 Å². The quantitative estimate of drug-likeness (QED) is 0.896. The van der Waals surface area contributed by atoms with Gasteiger partial charge in [0.2, 0.25) is 15.9 Å². The predicted molar refractivity (Wildman–Crippen MR) is 77.5 cm³/mol. The maximum atomic E-state index is 13.9. The Hall–Kier alpha value is -1.47. The van der Waals surface area contributed by atoms with Crippen LogP contribution in [-0.4, -0.2) is 14.3 Å². The van der Waals surface area contributed by atoms with Crippen LogP contribution in [0.3, 0.4) is 0 Å². The van der Waals surface area contributed by atoms with E-state index >= 15 is 0 Å². The van der Waals surface area contributed by atoms with E-state index in [0.29, 0.717) is 0 Å². The van der Waals surface area contributed by atoms with Crippen molar-refractivity contribution in [2.45, 2.75) is 38.0 Å². The largest absolute Gasteiger partial charge is 0.323 e. The number of hydrogen-bond donors (Lipinski definition) is 2. The lowest BCUT2D eigenvalue weighted by atomic mass is 9.81. The third kappa shape index (κ3) is 3.41. The highest BCUT2D eigenvalue weighted by Crippen LogP contribution is 2.43. The van der Waals surface area contributed by atoms with Crippen molar-refractivity contribution in [3.8, 4) is 0 Å². The van der Waals surface area contributed by atoms with Crippen molar-refractivity contribution in [3.05, 3.63) is 24.0 Å². The first kappa shape index (κ1) is 15.9. The second-order valence-corrected chi connectivity index (χ2v) is 7.67. The van der Waals surface area contributed by atoms with Crippen LogP contribution < -0.4 is 10.5 Å². The number of amides is 1. The van der Waals surface area contributed by atoms with Gasteiger partial charge in [0.05, 0.1) is 10.6 Å². The highest BCUT2D eigenvalue weighted by Gasteiger charge is 2.39. The molecule has 0 spiro atoms. The van der Waals surface area contributed by atoms with Gasteiger partial charge in [-0.25, -0.2) is 17.9 Å². The number of rotatable bonds is 3. The summed E-state index contributed by atoms with van der Waals surface area (Å²) in [6.07, 6.45) is 2.70. The second-order valence-electron chi connectivity index (χ2n) is 6.11. The number of carbonyl (C=O) groups excluding carboxylic acids is 1. The molecule has 1 aromatic carbocycles. The molecule has 5 nitrogen and oxygen atoms in total. The Morgan fingerprint density at radius 2 is 2.10 bits per heavy atom. The molecule has 1 saturated carbocycles. The normalized spacial score (nSPS) is 21.2. The molecule has 1 aliphatic rings. The summed E-state index contributed by atoms with van der Waals surface area (Å²) in [5.41, 5.74) is -0.142. The zero-order valence-electron chi connectivity index (χ0n) is 12.0. The molecule has 7 heteroatoms. The van der Waals surface area contributed by atoms with Gasteiger partial charge in [0.1, 0.15) is 5.82 Å². The standard InChI is InChI=1S/C14H19FN2O3S/c1-14(2)7-3-4-10(14)13(18)17-12-6-5-9(8-11(12)15)21(16,19)20/h5-6,8,10H,3-4,7H2,1-2H3,(H,17,18)(H2,16,19,20). The Morgan fingerprint density at radius 3 is 2.57 bits per heavy atom. The summed E-state index contributed by atoms with van der Waals surface area (Å²) in [4.78, 5) is 11.9. The zero-order chi connectivity index (χ0) is 15.8. The summed E-state index contributed by atoms with van der Waals surface area (Å²) in [6, 6.07) is 3.20. The van der Waals surface area contributed by atoms with Gasteiger partial charge < -0.3 is 5.32 Å². The minimum Gasteiger partial charge on any atom is -0.323 e. The second kappa shape index (κ2) is 5.38. The van der Waals surface area contributed by atoms with Crippen LogP contribution in [0.4, 0.5) is 10.1 Å². The minimum atomic E-state index is -3.96. The molecule has 21 heavy (non-hydrogen) atoms. The van der Waals surface area contributed by atoms with E-state index in [2.05, 4.69) is 5.32 Å². The molecule has 0 saturated heterocycles. The van der Waals surface area contributed by atoms with E-state index in [1.165, 1.54) is 12.1 Å². The van der Waals surface area contributed by atoms with Crippen molar-refractivity contribution < 1.29 is 17.6 Å². The van der Waals surface area contributed by atoms with E-state index < -0.39 is 15.8 Å². The topological polar surface area (TPSA) is 89.3 Å². The zero-order valence-corrected chi connectivity index (χ0v) is 12.8. The van der Waals surface area contributed by atoms with Crippen LogP contribution in [0.5, 0.6) is 0 Å². The lowest BCUT2D eigenvalue weighted by molar-refractivity contribution is -0.122. The van der Waals surface area contributed by atoms with Gasteiger partial charge in [-0.2, -0.15) is 0 Å². The molecule has 0 bridgehead atoms. The van der Waals surface area contributed by atoms with Crippen LogP contribution in [0.1, 0.15) is 33.1 Å². The summed E-state index contributed by atoms with van der Waals surface area (Å²) >= 11 is 0. The van der Waals surface area contributed by atoms with Gasteiger partial charge in [0, 0.05) is 5.92 Å². The van der Waals surface area contributed by atoms with Crippen LogP contribution in [0.15, 0.2) is 23.1 Å². The fraction of sp³-hybridized carbons (Fsp3) is 0.500. The number of hydrogen-bond acceptors (Lipinski definition) is 3. The third-order valence-electron chi connectivity index (χ3n) is 4.10. The van der Waals surface area contributed by atoms with Gasteiger partial charge >= 0.3 is 0 Å². The highest BCUT2D eigenvalue weighted by molar-refractivity contribution is 7.89. The molecule has 1 atom stereocenters. The van der Waals surface area contributed by atoms with E-state index in [4.69, 9.17) is 5.14 Å². The van der Waals surface area contributed by atoms with Crippen LogP contribution in [-0.2, 0) is 14.8 Å². The summed E-state index contributed by atoms with van der Waals surface area (Å²) in [7, 11) is -3.96. The number of nitrogens with one attached hydrogen (secondary N) is 1. The number of benzene rings is 1. The summed E-state index contributed by atoms with van der Waals surface area (Å²) in [6.45, 7) is 4.04. The van der Waals surface area contributed by atoms with Crippen molar-refractivity contribution in [1.82, 2.24) is 0 Å². The van der Waals surface area contributed by atoms with Crippen molar-refractivity contribution >= 4 is 21.6 Å². The SMILES string of the molecule is CC1(C)CCCC1C(=O)Nc1ccc(S(N)(=O)=O)cc1F. The number of nitrogens with two attached hydrogens (primary N) is 1. The molecule has 0 radical (unpaired) electrons. The van der Waals surface area contributed by atoms with Gasteiger partial charge in [-0.1, -0.05) is 20.3 Å². The van der Waals surface area contributed by atoms with Gasteiger partial charge in [-0.3, -0.25) is 4.79 Å². The molecule has 3 N–H and O–H groups in total. The number of halogens is 1. The number of primary sulfonamides is 1. The van der Waals surface area contributed by atoms with Gasteiger partial charge in [-0.05, 0) is 36.5 Å². The molecule has 116 valence electrons. The average Bonchev–Trinajstić information content (AvgIpc) is 2.70. The molecule has 1 amide bonds. The van der Waals surface area contributed by atoms with E-state index in [1.54, 1.807) is 0 Å². The van der Waals surface area contributed by atoms with Crippen molar-refractivity contribution in [3.63, 3.8) is 0 Å². The van der Waals surface area contributed by atoms with Crippen molar-refractivity contribution in [2.24, 2.45) is 16.5 Å². The summed E-state index contributed by atoms with van der Waals surface area (Å²) in [5.74, 6) is -1.22. The number of anilines is 1. The molecular formula is C14H19FN2O3S. The molecule has 1 unspecified atom stereocenters. The maximum Gasteiger partial charge on any atom is 0.238 e. The molecule has 1 aliphatic carbocycles. The Morgan fingerprint density at radius 1 is 1.43 bits per heavy atom. The van der Waals surface area contributed by atoms with Crippen LogP contribution in [0, 0.1) is 17.2 Å². The van der Waals surface area contributed by atoms with Crippen molar-refractivity contribution in [2.75, 3.05) is 5.32 Å². The number of sulfonamides is 1. The van der Waals surface area contributed by atoms with Crippen LogP contribution >= 0.6 is 0 Å². The number of carbonyl (C=O) groups is 1. The summed E-state index contributed by atoms with van der Waals surface area (Å²) < 4.78 is 36.2. The fourth-order valence-electron chi connectivity index (χ4n) is 2.81.